The van der Waals surface area contributed by atoms with Gasteiger partial charge >= 0.3 is 0 Å². The molecule has 1 unspecified atom stereocenters. The number of rotatable bonds is 3. The van der Waals surface area contributed by atoms with E-state index in [2.05, 4.69) is 55.2 Å². The van der Waals surface area contributed by atoms with Gasteiger partial charge in [-0.05, 0) is 55.9 Å². The molecule has 1 aliphatic heterocycles. The summed E-state index contributed by atoms with van der Waals surface area (Å²) in [4.78, 5) is 2.54. The lowest BCUT2D eigenvalue weighted by atomic mass is 9.86. The Hall–Kier alpha value is -1.77. The Kier molecular flexibility index (Phi) is 3.75. The molecule has 3 nitrogen and oxygen atoms in total. The van der Waals surface area contributed by atoms with Crippen LogP contribution < -0.4 is 4.90 Å². The smallest absolute Gasteiger partial charge is 0.0568 e. The molecular weight excluding hydrogens is 258 g/mol. The van der Waals surface area contributed by atoms with Crippen molar-refractivity contribution in [1.29, 1.82) is 0 Å². The fraction of sp³-hybridized carbons (Fsp3) is 0.500. The van der Waals surface area contributed by atoms with Crippen LogP contribution in [0.3, 0.4) is 0 Å². The lowest BCUT2D eigenvalue weighted by Gasteiger charge is -2.38. The predicted octanol–water partition coefficient (Wildman–Crippen LogP) is 4.20. The molecule has 0 amide bonds. The molecule has 0 fully saturated rings. The second-order valence-electron chi connectivity index (χ2n) is 6.36. The molecule has 0 radical (unpaired) electrons. The third kappa shape index (κ3) is 2.57. The van der Waals surface area contributed by atoms with Gasteiger partial charge in [0, 0.05) is 37.1 Å². The molecule has 0 saturated heterocycles. The van der Waals surface area contributed by atoms with Gasteiger partial charge in [-0.1, -0.05) is 13.0 Å². The van der Waals surface area contributed by atoms with Gasteiger partial charge in [0.25, 0.3) is 0 Å². The number of benzene rings is 1. The average Bonchev–Trinajstić information content (AvgIpc) is 2.91. The quantitative estimate of drug-likeness (QED) is 0.842. The van der Waals surface area contributed by atoms with Gasteiger partial charge in [0.15, 0.2) is 0 Å². The lowest BCUT2D eigenvalue weighted by molar-refractivity contribution is 0.536. The van der Waals surface area contributed by atoms with Crippen molar-refractivity contribution in [1.82, 2.24) is 9.78 Å². The molecule has 1 aromatic carbocycles. The van der Waals surface area contributed by atoms with Crippen molar-refractivity contribution in [2.45, 2.75) is 45.6 Å². The van der Waals surface area contributed by atoms with E-state index in [0.29, 0.717) is 12.0 Å². The molecule has 0 bridgehead atoms. The van der Waals surface area contributed by atoms with Crippen LogP contribution in [0.4, 0.5) is 5.69 Å². The summed E-state index contributed by atoms with van der Waals surface area (Å²) < 4.78 is 1.87. The van der Waals surface area contributed by atoms with E-state index >= 15 is 0 Å². The molecule has 112 valence electrons. The Bertz CT molecular complexity index is 627. The van der Waals surface area contributed by atoms with Crippen molar-refractivity contribution < 1.29 is 0 Å². The van der Waals surface area contributed by atoms with Gasteiger partial charge in [0.05, 0.1) is 6.20 Å². The first-order valence-electron chi connectivity index (χ1n) is 7.99. The summed E-state index contributed by atoms with van der Waals surface area (Å²) in [5, 5.41) is 4.29. The van der Waals surface area contributed by atoms with Crippen LogP contribution >= 0.6 is 0 Å². The number of anilines is 1. The molecule has 0 N–H and O–H groups in total. The van der Waals surface area contributed by atoms with Crippen molar-refractivity contribution >= 4 is 5.69 Å². The van der Waals surface area contributed by atoms with Crippen LogP contribution in [0.1, 0.15) is 45.1 Å². The van der Waals surface area contributed by atoms with Crippen LogP contribution in [-0.4, -0.2) is 22.4 Å². The molecule has 2 heterocycles. The molecule has 1 aliphatic rings. The first-order valence-corrected chi connectivity index (χ1v) is 7.99. The minimum atomic E-state index is 0.561. The third-order valence-electron chi connectivity index (χ3n) is 4.65. The Labute approximate surface area is 127 Å². The Balaban J connectivity index is 2.05. The Morgan fingerprint density at radius 2 is 2.10 bits per heavy atom. The van der Waals surface area contributed by atoms with Gasteiger partial charge < -0.3 is 4.90 Å². The minimum Gasteiger partial charge on any atom is -0.369 e. The molecule has 2 aromatic rings. The highest BCUT2D eigenvalue weighted by molar-refractivity contribution is 5.69. The van der Waals surface area contributed by atoms with Gasteiger partial charge in [-0.25, -0.2) is 0 Å². The number of hydrogen-bond donors (Lipinski definition) is 0. The highest BCUT2D eigenvalue weighted by Crippen LogP contribution is 2.40. The maximum atomic E-state index is 4.29. The van der Waals surface area contributed by atoms with Gasteiger partial charge in [-0.3, -0.25) is 4.68 Å². The molecule has 3 rings (SSSR count). The Morgan fingerprint density at radius 1 is 1.29 bits per heavy atom. The van der Waals surface area contributed by atoms with Crippen LogP contribution in [0.5, 0.6) is 0 Å². The maximum Gasteiger partial charge on any atom is 0.0568 e. The van der Waals surface area contributed by atoms with E-state index in [0.717, 1.165) is 0 Å². The van der Waals surface area contributed by atoms with Crippen LogP contribution in [0.25, 0.3) is 11.1 Å². The summed E-state index contributed by atoms with van der Waals surface area (Å²) in [6.07, 6.45) is 6.52. The van der Waals surface area contributed by atoms with Crippen molar-refractivity contribution in [2.24, 2.45) is 7.05 Å². The van der Waals surface area contributed by atoms with Crippen molar-refractivity contribution in [3.63, 3.8) is 0 Å². The topological polar surface area (TPSA) is 21.1 Å². The molecular formula is C18H25N3. The zero-order chi connectivity index (χ0) is 15.0. The normalized spacial score (nSPS) is 18.1. The summed E-state index contributed by atoms with van der Waals surface area (Å²) in [7, 11) is 1.97. The first-order chi connectivity index (χ1) is 10.1. The van der Waals surface area contributed by atoms with Gasteiger partial charge in [0.1, 0.15) is 0 Å². The van der Waals surface area contributed by atoms with Gasteiger partial charge in [-0.2, -0.15) is 5.10 Å². The molecule has 1 atom stereocenters. The zero-order valence-corrected chi connectivity index (χ0v) is 13.5. The fourth-order valence-electron chi connectivity index (χ4n) is 3.42. The van der Waals surface area contributed by atoms with E-state index in [9.17, 15) is 0 Å². The second kappa shape index (κ2) is 5.55. The van der Waals surface area contributed by atoms with E-state index < -0.39 is 0 Å². The van der Waals surface area contributed by atoms with Crippen molar-refractivity contribution in [3.8, 4) is 11.1 Å². The summed E-state index contributed by atoms with van der Waals surface area (Å²) in [5.74, 6) is 0.687. The van der Waals surface area contributed by atoms with E-state index in [4.69, 9.17) is 0 Å². The summed E-state index contributed by atoms with van der Waals surface area (Å²) in [6, 6.07) is 7.49. The largest absolute Gasteiger partial charge is 0.369 e. The average molecular weight is 283 g/mol. The number of aryl methyl sites for hydroxylation is 1. The number of fused-ring (bicyclic) bond motifs is 1. The van der Waals surface area contributed by atoms with Crippen LogP contribution in [0.2, 0.25) is 0 Å². The number of nitrogens with zero attached hydrogens (tertiary/aromatic N) is 3. The van der Waals surface area contributed by atoms with Crippen molar-refractivity contribution in [3.05, 3.63) is 36.2 Å². The minimum absolute atomic E-state index is 0.561. The third-order valence-corrected chi connectivity index (χ3v) is 4.65. The highest BCUT2D eigenvalue weighted by atomic mass is 15.2. The lowest BCUT2D eigenvalue weighted by Crippen LogP contribution is -2.36. The summed E-state index contributed by atoms with van der Waals surface area (Å²) >= 11 is 0. The molecule has 21 heavy (non-hydrogen) atoms. The standard InChI is InChI=1S/C18H25N3/c1-5-14-8-9-21(13(2)3)18-7-6-15(10-17(14)18)16-11-19-20(4)12-16/h6-7,10-14H,5,8-9H2,1-4H3. The number of hydrogen-bond acceptors (Lipinski definition) is 2. The molecule has 0 saturated carbocycles. The Morgan fingerprint density at radius 3 is 2.71 bits per heavy atom. The zero-order valence-electron chi connectivity index (χ0n) is 13.5. The van der Waals surface area contributed by atoms with Crippen LogP contribution in [0.15, 0.2) is 30.6 Å². The van der Waals surface area contributed by atoms with Crippen molar-refractivity contribution in [2.75, 3.05) is 11.4 Å². The molecule has 1 aromatic heterocycles. The fourth-order valence-corrected chi connectivity index (χ4v) is 3.42. The second-order valence-corrected chi connectivity index (χ2v) is 6.36. The monoisotopic (exact) mass is 283 g/mol. The van der Waals surface area contributed by atoms with Gasteiger partial charge in [-0.15, -0.1) is 0 Å². The van der Waals surface area contributed by atoms with Crippen LogP contribution in [-0.2, 0) is 7.05 Å². The highest BCUT2D eigenvalue weighted by Gasteiger charge is 2.25. The summed E-state index contributed by atoms with van der Waals surface area (Å²) in [5.41, 5.74) is 5.43. The molecule has 0 aliphatic carbocycles. The summed E-state index contributed by atoms with van der Waals surface area (Å²) in [6.45, 7) is 8.04. The maximum absolute atomic E-state index is 4.29. The van der Waals surface area contributed by atoms with E-state index in [1.165, 1.54) is 41.8 Å². The van der Waals surface area contributed by atoms with E-state index in [1.807, 2.05) is 17.9 Å². The molecule has 0 spiro atoms. The SMILES string of the molecule is CCC1CCN(C(C)C)c2ccc(-c3cnn(C)c3)cc21. The van der Waals surface area contributed by atoms with Gasteiger partial charge in [0.2, 0.25) is 0 Å². The first kappa shape index (κ1) is 14.2. The molecule has 3 heteroatoms. The number of aromatic nitrogens is 2. The predicted molar refractivity (Wildman–Crippen MR) is 88.8 cm³/mol. The van der Waals surface area contributed by atoms with E-state index in [1.54, 1.807) is 0 Å². The van der Waals surface area contributed by atoms with Crippen LogP contribution in [0, 0.1) is 0 Å². The van der Waals surface area contributed by atoms with E-state index in [-0.39, 0.29) is 0 Å².